The van der Waals surface area contributed by atoms with Gasteiger partial charge in [0.05, 0.1) is 12.7 Å². The highest BCUT2D eigenvalue weighted by atomic mass is 16.5. The number of hydrogen-bond acceptors (Lipinski definition) is 5. The molecule has 0 aliphatic heterocycles. The quantitative estimate of drug-likeness (QED) is 0.179. The molecule has 0 aliphatic carbocycles. The Morgan fingerprint density at radius 3 is 2.52 bits per heavy atom. The second kappa shape index (κ2) is 13.6. The van der Waals surface area contributed by atoms with Gasteiger partial charge in [0.1, 0.15) is 23.3 Å². The molecule has 2 rings (SSSR count). The van der Waals surface area contributed by atoms with Gasteiger partial charge in [0.2, 0.25) is 5.75 Å². The molecule has 0 unspecified atom stereocenters. The SMILES string of the molecule is CC/C=C/CCOc1c(OC(C)C)c2c(OC/C=C(\C)CCC=C(C)C)cccc2oc1=O. The number of ether oxygens (including phenoxy) is 3. The third kappa shape index (κ3) is 8.49. The predicted molar refractivity (Wildman–Crippen MR) is 136 cm³/mol. The molecular weight excluding hydrogens is 416 g/mol. The summed E-state index contributed by atoms with van der Waals surface area (Å²) >= 11 is 0. The van der Waals surface area contributed by atoms with E-state index in [0.29, 0.717) is 42.1 Å². The van der Waals surface area contributed by atoms with E-state index in [9.17, 15) is 4.79 Å². The van der Waals surface area contributed by atoms with Crippen molar-refractivity contribution in [2.45, 2.75) is 73.3 Å². The second-order valence-electron chi connectivity index (χ2n) is 8.54. The Morgan fingerprint density at radius 1 is 1.03 bits per heavy atom. The highest BCUT2D eigenvalue weighted by Gasteiger charge is 2.22. The van der Waals surface area contributed by atoms with E-state index in [-0.39, 0.29) is 11.9 Å². The van der Waals surface area contributed by atoms with Crippen LogP contribution in [-0.4, -0.2) is 19.3 Å². The molecule has 1 aromatic heterocycles. The van der Waals surface area contributed by atoms with E-state index < -0.39 is 5.63 Å². The normalized spacial score (nSPS) is 11.9. The monoisotopic (exact) mass is 454 g/mol. The van der Waals surface area contributed by atoms with Crippen molar-refractivity contribution in [3.63, 3.8) is 0 Å². The van der Waals surface area contributed by atoms with Gasteiger partial charge in [0, 0.05) is 0 Å². The Kier molecular flexibility index (Phi) is 10.8. The first-order valence-electron chi connectivity index (χ1n) is 11.8. The van der Waals surface area contributed by atoms with Crippen molar-refractivity contribution in [3.05, 3.63) is 64.1 Å². The summed E-state index contributed by atoms with van der Waals surface area (Å²) in [5.41, 5.74) is 2.45. The van der Waals surface area contributed by atoms with Crippen molar-refractivity contribution in [2.24, 2.45) is 0 Å². The zero-order chi connectivity index (χ0) is 24.2. The lowest BCUT2D eigenvalue weighted by Gasteiger charge is -2.17. The molecule has 0 N–H and O–H groups in total. The van der Waals surface area contributed by atoms with Gasteiger partial charge in [-0.2, -0.15) is 0 Å². The van der Waals surface area contributed by atoms with Gasteiger partial charge >= 0.3 is 5.63 Å². The molecule has 5 nitrogen and oxygen atoms in total. The fourth-order valence-electron chi connectivity index (χ4n) is 3.24. The molecular formula is C28H38O5. The molecule has 180 valence electrons. The summed E-state index contributed by atoms with van der Waals surface area (Å²) in [7, 11) is 0. The van der Waals surface area contributed by atoms with Crippen molar-refractivity contribution in [2.75, 3.05) is 13.2 Å². The molecule has 0 saturated heterocycles. The minimum Gasteiger partial charge on any atom is -0.489 e. The van der Waals surface area contributed by atoms with E-state index in [1.807, 2.05) is 26.0 Å². The molecule has 2 aromatic rings. The van der Waals surface area contributed by atoms with Crippen LogP contribution in [0.2, 0.25) is 0 Å². The summed E-state index contributed by atoms with van der Waals surface area (Å²) < 4.78 is 23.5. The summed E-state index contributed by atoms with van der Waals surface area (Å²) in [5.74, 6) is 1.05. The van der Waals surface area contributed by atoms with E-state index in [1.165, 1.54) is 11.1 Å². The molecule has 33 heavy (non-hydrogen) atoms. The molecule has 0 amide bonds. The number of hydrogen-bond donors (Lipinski definition) is 0. The van der Waals surface area contributed by atoms with E-state index in [1.54, 1.807) is 12.1 Å². The second-order valence-corrected chi connectivity index (χ2v) is 8.54. The predicted octanol–water partition coefficient (Wildman–Crippen LogP) is 7.39. The topological polar surface area (TPSA) is 57.9 Å². The fourth-order valence-corrected chi connectivity index (χ4v) is 3.24. The summed E-state index contributed by atoms with van der Waals surface area (Å²) in [5, 5.41) is 0.612. The zero-order valence-corrected chi connectivity index (χ0v) is 20.9. The number of rotatable bonds is 13. The maximum atomic E-state index is 12.7. The van der Waals surface area contributed by atoms with Crippen LogP contribution in [0.1, 0.15) is 67.2 Å². The highest BCUT2D eigenvalue weighted by Crippen LogP contribution is 2.39. The molecule has 0 atom stereocenters. The molecule has 0 bridgehead atoms. The molecule has 0 fully saturated rings. The summed E-state index contributed by atoms with van der Waals surface area (Å²) in [6.45, 7) is 13.0. The van der Waals surface area contributed by atoms with Gasteiger partial charge in [0.25, 0.3) is 0 Å². The molecule has 1 aromatic carbocycles. The van der Waals surface area contributed by atoms with Crippen molar-refractivity contribution in [3.8, 4) is 17.2 Å². The molecule has 0 aliphatic rings. The van der Waals surface area contributed by atoms with Crippen molar-refractivity contribution < 1.29 is 18.6 Å². The average Bonchev–Trinajstić information content (AvgIpc) is 2.74. The number of fused-ring (bicyclic) bond motifs is 1. The maximum Gasteiger partial charge on any atom is 0.383 e. The van der Waals surface area contributed by atoms with Crippen molar-refractivity contribution in [1.82, 2.24) is 0 Å². The van der Waals surface area contributed by atoms with Crippen LogP contribution in [0.4, 0.5) is 0 Å². The minimum absolute atomic E-state index is 0.0885. The van der Waals surface area contributed by atoms with Crippen LogP contribution < -0.4 is 19.8 Å². The van der Waals surface area contributed by atoms with E-state index >= 15 is 0 Å². The number of allylic oxidation sites excluding steroid dienone is 4. The van der Waals surface area contributed by atoms with Gasteiger partial charge < -0.3 is 18.6 Å². The summed E-state index contributed by atoms with van der Waals surface area (Å²) in [6, 6.07) is 5.40. The van der Waals surface area contributed by atoms with Gasteiger partial charge in [-0.1, -0.05) is 42.4 Å². The van der Waals surface area contributed by atoms with E-state index in [4.69, 9.17) is 18.6 Å². The molecule has 0 saturated carbocycles. The van der Waals surface area contributed by atoms with Gasteiger partial charge in [-0.05, 0) is 78.5 Å². The standard InChI is InChI=1S/C28H38O5/c1-7-8-9-10-18-31-27-26(32-21(4)5)25-23(15-12-16-24(25)33-28(27)29)30-19-17-22(6)14-11-13-20(2)3/h8-9,12-13,15-17,21H,7,10-11,14,18-19H2,1-6H3/b9-8+,22-17+. The summed E-state index contributed by atoms with van der Waals surface area (Å²) in [4.78, 5) is 12.7. The Morgan fingerprint density at radius 2 is 1.82 bits per heavy atom. The lowest BCUT2D eigenvalue weighted by Crippen LogP contribution is -2.14. The molecule has 0 spiro atoms. The Labute approximate surface area is 197 Å². The first-order valence-corrected chi connectivity index (χ1v) is 11.8. The Bertz CT molecular complexity index is 1040. The van der Waals surface area contributed by atoms with Gasteiger partial charge in [0.15, 0.2) is 5.75 Å². The zero-order valence-electron chi connectivity index (χ0n) is 20.9. The maximum absolute atomic E-state index is 12.7. The van der Waals surface area contributed by atoms with Gasteiger partial charge in [-0.25, -0.2) is 4.79 Å². The minimum atomic E-state index is -0.551. The summed E-state index contributed by atoms with van der Waals surface area (Å²) in [6.07, 6.45) is 11.9. The van der Waals surface area contributed by atoms with Crippen LogP contribution in [0.3, 0.4) is 0 Å². The molecule has 1 heterocycles. The largest absolute Gasteiger partial charge is 0.489 e. The fraction of sp³-hybridized carbons (Fsp3) is 0.464. The van der Waals surface area contributed by atoms with E-state index in [2.05, 4.69) is 45.9 Å². The van der Waals surface area contributed by atoms with Crippen LogP contribution in [0.5, 0.6) is 17.2 Å². The Balaban J connectivity index is 2.32. The first kappa shape index (κ1) is 26.3. The van der Waals surface area contributed by atoms with Crippen LogP contribution in [0, 0.1) is 0 Å². The average molecular weight is 455 g/mol. The Hall–Kier alpha value is -2.95. The molecule has 0 radical (unpaired) electrons. The van der Waals surface area contributed by atoms with Gasteiger partial charge in [-0.15, -0.1) is 0 Å². The van der Waals surface area contributed by atoms with E-state index in [0.717, 1.165) is 19.3 Å². The first-order chi connectivity index (χ1) is 15.8. The lowest BCUT2D eigenvalue weighted by atomic mass is 10.1. The van der Waals surface area contributed by atoms with Crippen LogP contribution in [-0.2, 0) is 0 Å². The van der Waals surface area contributed by atoms with Gasteiger partial charge in [-0.3, -0.25) is 0 Å². The van der Waals surface area contributed by atoms with Crippen molar-refractivity contribution in [1.29, 1.82) is 0 Å². The third-order valence-corrected chi connectivity index (χ3v) is 4.86. The smallest absolute Gasteiger partial charge is 0.383 e. The highest BCUT2D eigenvalue weighted by molar-refractivity contribution is 5.91. The molecule has 5 heteroatoms. The third-order valence-electron chi connectivity index (χ3n) is 4.86. The van der Waals surface area contributed by atoms with Crippen LogP contribution in [0.25, 0.3) is 11.0 Å². The lowest BCUT2D eigenvalue weighted by molar-refractivity contribution is 0.218. The van der Waals surface area contributed by atoms with Crippen LogP contribution >= 0.6 is 0 Å². The van der Waals surface area contributed by atoms with Crippen LogP contribution in [0.15, 0.2) is 62.9 Å². The van der Waals surface area contributed by atoms with Crippen molar-refractivity contribution >= 4 is 11.0 Å². The number of benzene rings is 1.